The van der Waals surface area contributed by atoms with E-state index in [0.717, 1.165) is 42.3 Å². The summed E-state index contributed by atoms with van der Waals surface area (Å²) in [5.74, 6) is -0.831. The van der Waals surface area contributed by atoms with Gasteiger partial charge >= 0.3 is 12.1 Å². The minimum atomic E-state index is -4.77. The summed E-state index contributed by atoms with van der Waals surface area (Å²) in [7, 11) is 0. The lowest BCUT2D eigenvalue weighted by Gasteiger charge is -2.07. The molecule has 4 aromatic rings. The molecule has 1 aliphatic carbocycles. The molecule has 12 heteroatoms. The summed E-state index contributed by atoms with van der Waals surface area (Å²) < 4.78 is 52.0. The van der Waals surface area contributed by atoms with Gasteiger partial charge in [-0.25, -0.2) is 18.7 Å². The molecule has 0 aliphatic heterocycles. The molecule has 0 radical (unpaired) electrons. The first kappa shape index (κ1) is 21.3. The van der Waals surface area contributed by atoms with Crippen LogP contribution in [-0.2, 0) is 0 Å². The Morgan fingerprint density at radius 3 is 2.59 bits per heavy atom. The smallest absolute Gasteiger partial charge is 0.406 e. The van der Waals surface area contributed by atoms with E-state index in [1.807, 2.05) is 6.07 Å². The van der Waals surface area contributed by atoms with E-state index < -0.39 is 29.2 Å². The second-order valence-corrected chi connectivity index (χ2v) is 6.95. The van der Waals surface area contributed by atoms with Gasteiger partial charge in [0.2, 0.25) is 0 Å². The Hall–Kier alpha value is -3.96. The molecule has 3 heterocycles. The summed E-state index contributed by atoms with van der Waals surface area (Å²) in [4.78, 5) is 31.9. The van der Waals surface area contributed by atoms with Crippen molar-refractivity contribution >= 4 is 5.65 Å². The second kappa shape index (κ2) is 8.29. The summed E-state index contributed by atoms with van der Waals surface area (Å²) in [5, 5.41) is 4.38. The summed E-state index contributed by atoms with van der Waals surface area (Å²) in [6, 6.07) is 5.74. The zero-order valence-corrected chi connectivity index (χ0v) is 16.2. The molecule has 0 bridgehead atoms. The number of rotatable bonds is 3. The molecule has 2 N–H and O–H groups in total. The number of aromatic nitrogens is 5. The van der Waals surface area contributed by atoms with E-state index in [-0.39, 0.29) is 0 Å². The van der Waals surface area contributed by atoms with Gasteiger partial charge in [0.25, 0.3) is 5.56 Å². The topological polar surface area (TPSA) is 105 Å². The molecule has 0 saturated heterocycles. The molecular formula is C20H15F4N5O3. The maximum Gasteiger partial charge on any atom is 0.573 e. The number of nitrogens with zero attached hydrogens (tertiary/aromatic N) is 3. The molecule has 8 nitrogen and oxygen atoms in total. The normalized spacial score (nSPS) is 13.5. The number of imidazole rings is 1. The van der Waals surface area contributed by atoms with Crippen molar-refractivity contribution < 1.29 is 22.3 Å². The molecule has 1 aromatic carbocycles. The Kier molecular flexibility index (Phi) is 5.51. The zero-order chi connectivity index (χ0) is 22.9. The fourth-order valence-electron chi connectivity index (χ4n) is 3.03. The number of benzene rings is 1. The van der Waals surface area contributed by atoms with Crippen molar-refractivity contribution in [1.29, 1.82) is 0 Å². The maximum atomic E-state index is 12.3. The van der Waals surface area contributed by atoms with Crippen molar-refractivity contribution in [3.8, 4) is 17.0 Å². The van der Waals surface area contributed by atoms with Gasteiger partial charge in [0.1, 0.15) is 11.6 Å². The minimum absolute atomic E-state index is 0.349. The average molecular weight is 449 g/mol. The SMILES string of the molecule is Fc1cccc(OC(F)(F)F)c1.O=c1[nH]cc(-c2cc(C3CC3)c3nccn3n2)c(=O)[nH]1. The Morgan fingerprint density at radius 2 is 1.94 bits per heavy atom. The van der Waals surface area contributed by atoms with Crippen LogP contribution in [0.2, 0.25) is 0 Å². The Bertz CT molecular complexity index is 1370. The van der Waals surface area contributed by atoms with E-state index in [4.69, 9.17) is 0 Å². The minimum Gasteiger partial charge on any atom is -0.406 e. The largest absolute Gasteiger partial charge is 0.573 e. The number of ether oxygens (including phenoxy) is 1. The van der Waals surface area contributed by atoms with Gasteiger partial charge in [-0.2, -0.15) is 5.10 Å². The van der Waals surface area contributed by atoms with Crippen molar-refractivity contribution in [2.75, 3.05) is 0 Å². The van der Waals surface area contributed by atoms with Crippen LogP contribution in [0.5, 0.6) is 5.75 Å². The van der Waals surface area contributed by atoms with Gasteiger partial charge in [-0.1, -0.05) is 6.07 Å². The van der Waals surface area contributed by atoms with Gasteiger partial charge in [0.15, 0.2) is 5.65 Å². The number of fused-ring (bicyclic) bond motifs is 1. The Balaban J connectivity index is 0.000000176. The summed E-state index contributed by atoms with van der Waals surface area (Å²) >= 11 is 0. The van der Waals surface area contributed by atoms with Gasteiger partial charge in [-0.15, -0.1) is 13.2 Å². The summed E-state index contributed by atoms with van der Waals surface area (Å²) in [6.07, 6.45) is 2.33. The number of hydrogen-bond acceptors (Lipinski definition) is 5. The van der Waals surface area contributed by atoms with Crippen LogP contribution in [0.4, 0.5) is 17.6 Å². The van der Waals surface area contributed by atoms with Crippen molar-refractivity contribution in [2.24, 2.45) is 0 Å². The van der Waals surface area contributed by atoms with E-state index in [1.54, 1.807) is 16.9 Å². The monoisotopic (exact) mass is 449 g/mol. The third-order valence-corrected chi connectivity index (χ3v) is 4.53. The molecule has 32 heavy (non-hydrogen) atoms. The molecule has 3 aromatic heterocycles. The molecule has 166 valence electrons. The van der Waals surface area contributed by atoms with E-state index in [2.05, 4.69) is 24.8 Å². The predicted molar refractivity (Wildman–Crippen MR) is 105 cm³/mol. The van der Waals surface area contributed by atoms with E-state index in [0.29, 0.717) is 23.2 Å². The van der Waals surface area contributed by atoms with Gasteiger partial charge < -0.3 is 9.72 Å². The molecule has 1 fully saturated rings. The first-order valence-corrected chi connectivity index (χ1v) is 9.37. The highest BCUT2D eigenvalue weighted by atomic mass is 19.4. The number of aromatic amines is 2. The number of alkyl halides is 3. The zero-order valence-electron chi connectivity index (χ0n) is 16.2. The molecule has 0 spiro atoms. The van der Waals surface area contributed by atoms with Crippen LogP contribution < -0.4 is 16.0 Å². The van der Waals surface area contributed by atoms with E-state index in [9.17, 15) is 27.2 Å². The molecule has 0 amide bonds. The highest BCUT2D eigenvalue weighted by Crippen LogP contribution is 2.42. The van der Waals surface area contributed by atoms with Crippen LogP contribution in [0, 0.1) is 5.82 Å². The highest BCUT2D eigenvalue weighted by Gasteiger charge is 2.31. The average Bonchev–Trinajstić information content (AvgIpc) is 3.43. The van der Waals surface area contributed by atoms with Crippen LogP contribution in [-0.4, -0.2) is 30.9 Å². The number of nitrogens with one attached hydrogen (secondary N) is 2. The van der Waals surface area contributed by atoms with E-state index in [1.165, 1.54) is 6.20 Å². The lowest BCUT2D eigenvalue weighted by atomic mass is 10.1. The van der Waals surface area contributed by atoms with Gasteiger partial charge in [0.05, 0.1) is 11.3 Å². The fourth-order valence-corrected chi connectivity index (χ4v) is 3.03. The maximum absolute atomic E-state index is 12.3. The third kappa shape index (κ3) is 5.02. The summed E-state index contributed by atoms with van der Waals surface area (Å²) in [6.45, 7) is 0. The first-order valence-electron chi connectivity index (χ1n) is 9.37. The number of halogens is 4. The quantitative estimate of drug-likeness (QED) is 0.467. The van der Waals surface area contributed by atoms with Crippen LogP contribution in [0.25, 0.3) is 16.9 Å². The first-order chi connectivity index (χ1) is 15.2. The van der Waals surface area contributed by atoms with Crippen LogP contribution in [0.3, 0.4) is 0 Å². The van der Waals surface area contributed by atoms with Crippen molar-refractivity contribution in [2.45, 2.75) is 25.1 Å². The van der Waals surface area contributed by atoms with Crippen LogP contribution in [0.1, 0.15) is 24.3 Å². The standard InChI is InChI=1S/C13H11N5O2.C7H4F4O/c19-12-9(6-15-13(20)16-12)10-5-8(7-1-2-7)11-14-3-4-18(11)17-10;8-5-2-1-3-6(4-5)12-7(9,10)11/h3-7H,1-2H2,(H2,15,16,19,20);1-4H. The molecule has 1 aliphatic rings. The van der Waals surface area contributed by atoms with Gasteiger partial charge in [-0.3, -0.25) is 9.78 Å². The lowest BCUT2D eigenvalue weighted by molar-refractivity contribution is -0.274. The number of H-pyrrole nitrogens is 2. The van der Waals surface area contributed by atoms with Crippen molar-refractivity contribution in [3.63, 3.8) is 0 Å². The molecular weight excluding hydrogens is 434 g/mol. The summed E-state index contributed by atoms with van der Waals surface area (Å²) in [5.41, 5.74) is 1.85. The Morgan fingerprint density at radius 1 is 1.16 bits per heavy atom. The number of hydrogen-bond donors (Lipinski definition) is 2. The van der Waals surface area contributed by atoms with Crippen molar-refractivity contribution in [1.82, 2.24) is 24.6 Å². The lowest BCUT2D eigenvalue weighted by Crippen LogP contribution is -2.23. The fraction of sp³-hybridized carbons (Fsp3) is 0.200. The third-order valence-electron chi connectivity index (χ3n) is 4.53. The van der Waals surface area contributed by atoms with Crippen LogP contribution in [0.15, 0.2) is 58.5 Å². The molecule has 0 atom stereocenters. The molecule has 0 unspecified atom stereocenters. The molecule has 5 rings (SSSR count). The van der Waals surface area contributed by atoms with Gasteiger partial charge in [-0.05, 0) is 37.0 Å². The van der Waals surface area contributed by atoms with Gasteiger partial charge in [0, 0.05) is 30.2 Å². The second-order valence-electron chi connectivity index (χ2n) is 6.95. The Labute approximate surface area is 176 Å². The predicted octanol–water partition coefficient (Wildman–Crippen LogP) is 3.37. The highest BCUT2D eigenvalue weighted by molar-refractivity contribution is 5.62. The molecule has 1 saturated carbocycles. The van der Waals surface area contributed by atoms with Crippen LogP contribution >= 0.6 is 0 Å². The van der Waals surface area contributed by atoms with Crippen molar-refractivity contribution in [3.05, 3.63) is 81.1 Å². The van der Waals surface area contributed by atoms with E-state index >= 15 is 0 Å².